The predicted molar refractivity (Wildman–Crippen MR) is 71.9 cm³/mol. The number of Topliss-reactive ketones (excluding diaryl/α,β-unsaturated/α-hetero) is 2. The van der Waals surface area contributed by atoms with E-state index >= 15 is 0 Å². The summed E-state index contributed by atoms with van der Waals surface area (Å²) in [5.74, 6) is -0.884. The summed E-state index contributed by atoms with van der Waals surface area (Å²) in [6.07, 6.45) is 1.13. The molecule has 0 aliphatic heterocycles. The zero-order valence-electron chi connectivity index (χ0n) is 11.5. The van der Waals surface area contributed by atoms with Crippen LogP contribution in [0.2, 0.25) is 0 Å². The third-order valence-corrected chi connectivity index (χ3v) is 1.43. The Morgan fingerprint density at radius 3 is 1.68 bits per heavy atom. The average molecular weight is 268 g/mol. The molecule has 0 saturated heterocycles. The molecular weight excluding hydrogens is 248 g/mol. The molecule has 0 rings (SSSR count). The van der Waals surface area contributed by atoms with Crippen LogP contribution in [0, 0.1) is 0 Å². The van der Waals surface area contributed by atoms with E-state index in [9.17, 15) is 19.2 Å². The molecule has 0 aromatic heterocycles. The molecule has 2 N–H and O–H groups in total. The van der Waals surface area contributed by atoms with Crippen LogP contribution in [-0.4, -0.2) is 23.4 Å². The van der Waals surface area contributed by atoms with E-state index in [0.29, 0.717) is 5.70 Å². The number of ketones is 2. The minimum absolute atomic E-state index is 0.0626. The van der Waals surface area contributed by atoms with Crippen molar-refractivity contribution >= 4 is 23.4 Å². The van der Waals surface area contributed by atoms with Gasteiger partial charge in [-0.15, -0.1) is 0 Å². The Kier molecular flexibility index (Phi) is 10.9. The molecule has 0 saturated carbocycles. The van der Waals surface area contributed by atoms with Gasteiger partial charge in [0.05, 0.1) is 12.8 Å². The highest BCUT2D eigenvalue weighted by atomic mass is 16.2. The number of hydrogen-bond donors (Lipinski definition) is 2. The molecule has 0 heterocycles. The topological polar surface area (TPSA) is 92.3 Å². The highest BCUT2D eigenvalue weighted by Crippen LogP contribution is 1.85. The predicted octanol–water partition coefficient (Wildman–Crippen LogP) is 0.840. The monoisotopic (exact) mass is 268 g/mol. The number of rotatable bonds is 6. The van der Waals surface area contributed by atoms with Crippen LogP contribution in [0.15, 0.2) is 25.1 Å². The van der Waals surface area contributed by atoms with Crippen molar-refractivity contribution in [1.82, 2.24) is 10.6 Å². The van der Waals surface area contributed by atoms with Crippen LogP contribution in [0.5, 0.6) is 0 Å². The maximum absolute atomic E-state index is 10.7. The highest BCUT2D eigenvalue weighted by molar-refractivity contribution is 5.97. The summed E-state index contributed by atoms with van der Waals surface area (Å²) in [4.78, 5) is 41.7. The molecule has 0 unspecified atom stereocenters. The summed E-state index contributed by atoms with van der Waals surface area (Å²) in [5.41, 5.74) is 0.561. The Bertz CT molecular complexity index is 368. The fourth-order valence-corrected chi connectivity index (χ4v) is 0.899. The lowest BCUT2D eigenvalue weighted by Gasteiger charge is -1.99. The number of hydrogen-bond acceptors (Lipinski definition) is 4. The second-order valence-electron chi connectivity index (χ2n) is 3.86. The first-order valence-corrected chi connectivity index (χ1v) is 5.53. The van der Waals surface area contributed by atoms with Gasteiger partial charge in [0.15, 0.2) is 0 Å². The van der Waals surface area contributed by atoms with Crippen molar-refractivity contribution in [3.63, 3.8) is 0 Å². The molecule has 6 nitrogen and oxygen atoms in total. The van der Waals surface area contributed by atoms with Gasteiger partial charge in [0.25, 0.3) is 0 Å². The number of carbonyl (C=O) groups excluding carboxylic acids is 4. The van der Waals surface area contributed by atoms with Gasteiger partial charge in [0, 0.05) is 5.70 Å². The van der Waals surface area contributed by atoms with E-state index in [0.717, 1.165) is 0 Å². The summed E-state index contributed by atoms with van der Waals surface area (Å²) in [5, 5.41) is 4.70. The molecule has 0 atom stereocenters. The molecule has 19 heavy (non-hydrogen) atoms. The van der Waals surface area contributed by atoms with Crippen LogP contribution in [0.1, 0.15) is 33.6 Å². The van der Waals surface area contributed by atoms with Gasteiger partial charge in [0.1, 0.15) is 11.6 Å². The maximum Gasteiger partial charge on any atom is 0.231 e. The van der Waals surface area contributed by atoms with Crippen molar-refractivity contribution in [2.24, 2.45) is 0 Å². The molecule has 0 bridgehead atoms. The Morgan fingerprint density at radius 1 is 0.947 bits per heavy atom. The summed E-state index contributed by atoms with van der Waals surface area (Å²) in [6.45, 7) is 11.1. The van der Waals surface area contributed by atoms with Crippen LogP contribution in [0.4, 0.5) is 0 Å². The van der Waals surface area contributed by atoms with Gasteiger partial charge in [-0.25, -0.2) is 0 Å². The molecule has 0 aromatic carbocycles. The Morgan fingerprint density at radius 2 is 1.37 bits per heavy atom. The number of nitrogens with one attached hydrogen (secondary N) is 2. The van der Waals surface area contributed by atoms with Crippen molar-refractivity contribution in [3.05, 3.63) is 25.1 Å². The van der Waals surface area contributed by atoms with Crippen molar-refractivity contribution in [1.29, 1.82) is 0 Å². The van der Waals surface area contributed by atoms with Gasteiger partial charge in [-0.1, -0.05) is 13.2 Å². The molecule has 6 heteroatoms. The van der Waals surface area contributed by atoms with Crippen LogP contribution in [0.25, 0.3) is 0 Å². The zero-order chi connectivity index (χ0) is 15.4. The Hall–Kier alpha value is -2.24. The van der Waals surface area contributed by atoms with Crippen LogP contribution >= 0.6 is 0 Å². The Labute approximate surface area is 112 Å². The van der Waals surface area contributed by atoms with Crippen molar-refractivity contribution in [3.8, 4) is 0 Å². The molecular formula is C13H20N2O4. The van der Waals surface area contributed by atoms with Gasteiger partial charge < -0.3 is 10.6 Å². The van der Waals surface area contributed by atoms with Crippen LogP contribution in [0.3, 0.4) is 0 Å². The van der Waals surface area contributed by atoms with E-state index in [1.54, 1.807) is 6.92 Å². The fraction of sp³-hybridized carbons (Fsp3) is 0.385. The van der Waals surface area contributed by atoms with Gasteiger partial charge in [-0.05, 0) is 27.0 Å². The summed E-state index contributed by atoms with van der Waals surface area (Å²) >= 11 is 0. The van der Waals surface area contributed by atoms with Crippen molar-refractivity contribution in [2.75, 3.05) is 0 Å². The molecule has 0 aliphatic rings. The average Bonchev–Trinajstić information content (AvgIpc) is 2.13. The molecule has 106 valence electrons. The van der Waals surface area contributed by atoms with Crippen molar-refractivity contribution in [2.45, 2.75) is 33.6 Å². The van der Waals surface area contributed by atoms with Crippen LogP contribution in [-0.2, 0) is 19.2 Å². The quantitative estimate of drug-likeness (QED) is 0.698. The smallest absolute Gasteiger partial charge is 0.231 e. The van der Waals surface area contributed by atoms with E-state index in [-0.39, 0.29) is 36.2 Å². The van der Waals surface area contributed by atoms with E-state index in [2.05, 4.69) is 23.8 Å². The molecule has 0 fully saturated rings. The summed E-state index contributed by atoms with van der Waals surface area (Å²) in [6, 6.07) is 0. The third-order valence-electron chi connectivity index (χ3n) is 1.43. The van der Waals surface area contributed by atoms with Gasteiger partial charge in [0.2, 0.25) is 11.8 Å². The van der Waals surface area contributed by atoms with Crippen molar-refractivity contribution < 1.29 is 19.2 Å². The number of amides is 2. The normalized spacial score (nSPS) is 8.37. The molecule has 0 aromatic rings. The molecule has 2 amide bonds. The first-order valence-electron chi connectivity index (χ1n) is 5.53. The first kappa shape index (κ1) is 19.1. The summed E-state index contributed by atoms with van der Waals surface area (Å²) in [7, 11) is 0. The zero-order valence-corrected chi connectivity index (χ0v) is 11.5. The van der Waals surface area contributed by atoms with E-state index in [4.69, 9.17) is 0 Å². The highest BCUT2D eigenvalue weighted by Gasteiger charge is 2.02. The molecule has 0 radical (unpaired) electrons. The van der Waals surface area contributed by atoms with Crippen LogP contribution < -0.4 is 10.6 Å². The lowest BCUT2D eigenvalue weighted by atomic mass is 10.3. The van der Waals surface area contributed by atoms with E-state index < -0.39 is 0 Å². The SMILES string of the molecule is C=C(C)NC(=O)CC(C)=O.C=CNC(=O)CC(C)=O. The molecule has 0 spiro atoms. The lowest BCUT2D eigenvalue weighted by molar-refractivity contribution is -0.128. The largest absolute Gasteiger partial charge is 0.333 e. The van der Waals surface area contributed by atoms with E-state index in [1.807, 2.05) is 0 Å². The third kappa shape index (κ3) is 18.3. The number of allylic oxidation sites excluding steroid dienone is 1. The summed E-state index contributed by atoms with van der Waals surface area (Å²) < 4.78 is 0. The maximum atomic E-state index is 10.7. The number of carbonyl (C=O) groups is 4. The van der Waals surface area contributed by atoms with E-state index in [1.165, 1.54) is 20.0 Å². The molecule has 0 aliphatic carbocycles. The van der Waals surface area contributed by atoms with Gasteiger partial charge in [-0.3, -0.25) is 19.2 Å². The minimum Gasteiger partial charge on any atom is -0.333 e. The van der Waals surface area contributed by atoms with Gasteiger partial charge >= 0.3 is 0 Å². The fourth-order valence-electron chi connectivity index (χ4n) is 0.899. The standard InChI is InChI=1S/C7H11NO2.C6H9NO2/c1-5(2)8-7(10)4-6(3)9;1-3-7-6(9)4-5(2)8/h1,4H2,2-3H3,(H,8,10);3H,1,4H2,2H3,(H,7,9). The minimum atomic E-state index is -0.308. The van der Waals surface area contributed by atoms with Gasteiger partial charge in [-0.2, -0.15) is 0 Å². The second-order valence-corrected chi connectivity index (χ2v) is 3.86. The lowest BCUT2D eigenvalue weighted by Crippen LogP contribution is -2.22. The first-order chi connectivity index (χ1) is 8.68. The Balaban J connectivity index is 0. The second kappa shape index (κ2) is 10.9.